The van der Waals surface area contributed by atoms with Crippen molar-refractivity contribution >= 4 is 27.5 Å². The third-order valence-corrected chi connectivity index (χ3v) is 4.19. The molecule has 0 saturated heterocycles. The van der Waals surface area contributed by atoms with E-state index in [0.29, 0.717) is 17.9 Å². The number of methoxy groups -OCH3 is 1. The Kier molecular flexibility index (Phi) is 6.04. The molecule has 0 atom stereocenters. The summed E-state index contributed by atoms with van der Waals surface area (Å²) in [5, 5.41) is 2.94. The van der Waals surface area contributed by atoms with Crippen LogP contribution in [0.25, 0.3) is 0 Å². The predicted octanol–water partition coefficient (Wildman–Crippen LogP) is 3.50. The number of nitrogens with one attached hydrogen (secondary N) is 1. The molecule has 0 aromatic heterocycles. The molecule has 0 spiro atoms. The fraction of sp³-hybridized carbons (Fsp3) is 0.278. The van der Waals surface area contributed by atoms with E-state index in [0.717, 1.165) is 10.9 Å². The lowest BCUT2D eigenvalue weighted by molar-refractivity contribution is 0.0954. The van der Waals surface area contributed by atoms with Crippen LogP contribution in [0, 0.1) is 0 Å². The van der Waals surface area contributed by atoms with Crippen LogP contribution in [0.5, 0.6) is 5.75 Å². The minimum atomic E-state index is -0.0849. The van der Waals surface area contributed by atoms with E-state index in [9.17, 15) is 4.79 Å². The van der Waals surface area contributed by atoms with Gasteiger partial charge in [0.25, 0.3) is 5.91 Å². The summed E-state index contributed by atoms with van der Waals surface area (Å²) in [6.07, 6.45) is 0.802. The average Bonchev–Trinajstić information content (AvgIpc) is 2.55. The zero-order chi connectivity index (χ0) is 16.8. The molecule has 2 aromatic rings. The van der Waals surface area contributed by atoms with Crippen LogP contribution in [-0.4, -0.2) is 33.7 Å². The van der Waals surface area contributed by atoms with Crippen molar-refractivity contribution in [3.63, 3.8) is 0 Å². The van der Waals surface area contributed by atoms with Gasteiger partial charge >= 0.3 is 0 Å². The number of carbonyl (C=O) groups is 1. The molecule has 0 fully saturated rings. The Morgan fingerprint density at radius 1 is 1.17 bits per heavy atom. The van der Waals surface area contributed by atoms with Crippen LogP contribution >= 0.6 is 15.9 Å². The van der Waals surface area contributed by atoms with Crippen LogP contribution in [0.1, 0.15) is 15.9 Å². The SMILES string of the molecule is COc1ccc(C(=O)NCCc2ccc(N(C)C)cc2)cc1Br. The summed E-state index contributed by atoms with van der Waals surface area (Å²) in [6, 6.07) is 13.6. The Morgan fingerprint density at radius 2 is 1.87 bits per heavy atom. The second kappa shape index (κ2) is 8.02. The van der Waals surface area contributed by atoms with E-state index in [-0.39, 0.29) is 5.91 Å². The van der Waals surface area contributed by atoms with Gasteiger partial charge in [0.2, 0.25) is 0 Å². The van der Waals surface area contributed by atoms with Gasteiger partial charge in [0.1, 0.15) is 5.75 Å². The highest BCUT2D eigenvalue weighted by molar-refractivity contribution is 9.10. The van der Waals surface area contributed by atoms with Gasteiger partial charge < -0.3 is 15.0 Å². The van der Waals surface area contributed by atoms with Crippen molar-refractivity contribution in [1.82, 2.24) is 5.32 Å². The van der Waals surface area contributed by atoms with Crippen LogP contribution in [-0.2, 0) is 6.42 Å². The van der Waals surface area contributed by atoms with Gasteiger partial charge in [-0.25, -0.2) is 0 Å². The maximum atomic E-state index is 12.2. The van der Waals surface area contributed by atoms with Gasteiger partial charge in [-0.05, 0) is 58.2 Å². The molecule has 1 amide bonds. The molecule has 23 heavy (non-hydrogen) atoms. The fourth-order valence-electron chi connectivity index (χ4n) is 2.19. The Labute approximate surface area is 145 Å². The molecule has 5 heteroatoms. The van der Waals surface area contributed by atoms with Crippen LogP contribution in [0.15, 0.2) is 46.9 Å². The van der Waals surface area contributed by atoms with E-state index >= 15 is 0 Å². The monoisotopic (exact) mass is 376 g/mol. The first-order valence-electron chi connectivity index (χ1n) is 7.39. The summed E-state index contributed by atoms with van der Waals surface area (Å²) in [5.41, 5.74) is 2.98. The highest BCUT2D eigenvalue weighted by atomic mass is 79.9. The van der Waals surface area contributed by atoms with E-state index in [1.807, 2.05) is 14.1 Å². The normalized spacial score (nSPS) is 10.3. The maximum Gasteiger partial charge on any atom is 0.251 e. The largest absolute Gasteiger partial charge is 0.496 e. The molecular formula is C18H21BrN2O2. The van der Waals surface area contributed by atoms with Crippen LogP contribution in [0.4, 0.5) is 5.69 Å². The number of carbonyl (C=O) groups excluding carboxylic acids is 1. The second-order valence-corrected chi connectivity index (χ2v) is 6.27. The standard InChI is InChI=1S/C18H21BrN2O2/c1-21(2)15-7-4-13(5-8-15)10-11-20-18(22)14-6-9-17(23-3)16(19)12-14/h4-9,12H,10-11H2,1-3H3,(H,20,22). The minimum Gasteiger partial charge on any atom is -0.496 e. The Bertz CT molecular complexity index is 669. The molecule has 0 saturated carbocycles. The molecule has 2 rings (SSSR count). The number of ether oxygens (including phenoxy) is 1. The number of benzene rings is 2. The lowest BCUT2D eigenvalue weighted by Crippen LogP contribution is -2.25. The highest BCUT2D eigenvalue weighted by Crippen LogP contribution is 2.25. The van der Waals surface area contributed by atoms with E-state index in [1.54, 1.807) is 25.3 Å². The Balaban J connectivity index is 1.88. The van der Waals surface area contributed by atoms with Crippen molar-refractivity contribution in [3.8, 4) is 5.75 Å². The van der Waals surface area contributed by atoms with Crippen molar-refractivity contribution < 1.29 is 9.53 Å². The predicted molar refractivity (Wildman–Crippen MR) is 97.5 cm³/mol. The molecule has 122 valence electrons. The lowest BCUT2D eigenvalue weighted by Gasteiger charge is -2.13. The number of halogens is 1. The molecule has 2 aromatic carbocycles. The summed E-state index contributed by atoms with van der Waals surface area (Å²) >= 11 is 3.39. The number of hydrogen-bond acceptors (Lipinski definition) is 3. The summed E-state index contributed by atoms with van der Waals surface area (Å²) in [6.45, 7) is 0.601. The molecule has 0 aliphatic carbocycles. The molecule has 0 bridgehead atoms. The minimum absolute atomic E-state index is 0.0849. The van der Waals surface area contributed by atoms with E-state index in [4.69, 9.17) is 4.74 Å². The van der Waals surface area contributed by atoms with Gasteiger partial charge in [-0.2, -0.15) is 0 Å². The summed E-state index contributed by atoms with van der Waals surface area (Å²) < 4.78 is 5.93. The van der Waals surface area contributed by atoms with E-state index in [2.05, 4.69) is 50.4 Å². The molecular weight excluding hydrogens is 356 g/mol. The molecule has 0 heterocycles. The molecule has 0 radical (unpaired) electrons. The van der Waals surface area contributed by atoms with Gasteiger partial charge in [-0.1, -0.05) is 12.1 Å². The van der Waals surface area contributed by atoms with Crippen LogP contribution in [0.3, 0.4) is 0 Å². The van der Waals surface area contributed by atoms with Gasteiger partial charge in [-0.15, -0.1) is 0 Å². The second-order valence-electron chi connectivity index (χ2n) is 5.42. The Hall–Kier alpha value is -2.01. The quantitative estimate of drug-likeness (QED) is 0.838. The first-order valence-corrected chi connectivity index (χ1v) is 8.18. The van der Waals surface area contributed by atoms with Crippen molar-refractivity contribution in [3.05, 3.63) is 58.1 Å². The van der Waals surface area contributed by atoms with E-state index < -0.39 is 0 Å². The molecule has 0 aliphatic heterocycles. The smallest absolute Gasteiger partial charge is 0.251 e. The maximum absolute atomic E-state index is 12.2. The fourth-order valence-corrected chi connectivity index (χ4v) is 2.73. The summed E-state index contributed by atoms with van der Waals surface area (Å²) in [4.78, 5) is 14.2. The molecule has 0 unspecified atom stereocenters. The first kappa shape index (κ1) is 17.3. The van der Waals surface area contributed by atoms with Crippen molar-refractivity contribution in [2.24, 2.45) is 0 Å². The summed E-state index contributed by atoms with van der Waals surface area (Å²) in [7, 11) is 5.63. The first-order chi connectivity index (χ1) is 11.0. The molecule has 0 aliphatic rings. The van der Waals surface area contributed by atoms with Crippen LogP contribution < -0.4 is 15.0 Å². The summed E-state index contributed by atoms with van der Waals surface area (Å²) in [5.74, 6) is 0.626. The lowest BCUT2D eigenvalue weighted by atomic mass is 10.1. The molecule has 1 N–H and O–H groups in total. The van der Waals surface area contributed by atoms with Gasteiger partial charge in [0.05, 0.1) is 11.6 Å². The van der Waals surface area contributed by atoms with E-state index in [1.165, 1.54) is 11.3 Å². The zero-order valence-electron chi connectivity index (χ0n) is 13.6. The number of hydrogen-bond donors (Lipinski definition) is 1. The average molecular weight is 377 g/mol. The third-order valence-electron chi connectivity index (χ3n) is 3.57. The van der Waals surface area contributed by atoms with Crippen molar-refractivity contribution in [2.45, 2.75) is 6.42 Å². The topological polar surface area (TPSA) is 41.6 Å². The highest BCUT2D eigenvalue weighted by Gasteiger charge is 2.08. The number of nitrogens with zero attached hydrogens (tertiary/aromatic N) is 1. The van der Waals surface area contributed by atoms with Crippen LogP contribution in [0.2, 0.25) is 0 Å². The third kappa shape index (κ3) is 4.73. The number of anilines is 1. The van der Waals surface area contributed by atoms with Gasteiger partial charge in [-0.3, -0.25) is 4.79 Å². The molecule has 4 nitrogen and oxygen atoms in total. The van der Waals surface area contributed by atoms with Crippen molar-refractivity contribution in [1.29, 1.82) is 0 Å². The van der Waals surface area contributed by atoms with Crippen molar-refractivity contribution in [2.75, 3.05) is 32.6 Å². The Morgan fingerprint density at radius 3 is 2.43 bits per heavy atom. The number of amides is 1. The van der Waals surface area contributed by atoms with Gasteiger partial charge in [0.15, 0.2) is 0 Å². The zero-order valence-corrected chi connectivity index (χ0v) is 15.2. The van der Waals surface area contributed by atoms with Gasteiger partial charge in [0, 0.05) is 31.9 Å². The number of rotatable bonds is 6.